The van der Waals surface area contributed by atoms with Crippen LogP contribution in [0.1, 0.15) is 37.8 Å². The second-order valence-corrected chi connectivity index (χ2v) is 4.49. The van der Waals surface area contributed by atoms with Crippen molar-refractivity contribution in [2.75, 3.05) is 6.54 Å². The van der Waals surface area contributed by atoms with Gasteiger partial charge in [0.05, 0.1) is 12.1 Å². The van der Waals surface area contributed by atoms with E-state index in [-0.39, 0.29) is 30.4 Å². The molecule has 0 aromatic carbocycles. The minimum absolute atomic E-state index is 0. The summed E-state index contributed by atoms with van der Waals surface area (Å²) >= 11 is 0. The second-order valence-electron chi connectivity index (χ2n) is 4.49. The summed E-state index contributed by atoms with van der Waals surface area (Å²) in [4.78, 5) is 18.2. The highest BCUT2D eigenvalue weighted by Crippen LogP contribution is 2.31. The lowest BCUT2D eigenvalue weighted by Crippen LogP contribution is -2.43. The number of carbonyl (C=O) groups is 1. The first-order valence-corrected chi connectivity index (χ1v) is 6.20. The van der Waals surface area contributed by atoms with E-state index in [0.717, 1.165) is 24.9 Å². The van der Waals surface area contributed by atoms with Gasteiger partial charge in [0, 0.05) is 18.9 Å². The molecular weight excluding hydrogens is 250 g/mol. The predicted octanol–water partition coefficient (Wildman–Crippen LogP) is 1.90. The largest absolute Gasteiger partial charge is 0.334 e. The molecule has 0 bridgehead atoms. The van der Waals surface area contributed by atoms with Crippen molar-refractivity contribution in [2.45, 2.75) is 38.3 Å². The first-order valence-electron chi connectivity index (χ1n) is 6.20. The molecule has 1 aromatic rings. The van der Waals surface area contributed by atoms with Gasteiger partial charge >= 0.3 is 0 Å². The van der Waals surface area contributed by atoms with Crippen molar-refractivity contribution >= 4 is 18.3 Å². The van der Waals surface area contributed by atoms with Crippen LogP contribution in [0.5, 0.6) is 0 Å². The van der Waals surface area contributed by atoms with Gasteiger partial charge in [-0.2, -0.15) is 0 Å². The van der Waals surface area contributed by atoms with Gasteiger partial charge in [0.15, 0.2) is 0 Å². The molecule has 1 aliphatic heterocycles. The molecule has 0 saturated carbocycles. The fraction of sp³-hybridized carbons (Fsp3) is 0.538. The number of rotatable bonds is 3. The molecule has 1 aromatic heterocycles. The quantitative estimate of drug-likeness (QED) is 0.912. The molecule has 2 rings (SSSR count). The topological polar surface area (TPSA) is 59.2 Å². The Bertz CT molecular complexity index is 385. The molecule has 1 unspecified atom stereocenters. The average Bonchev–Trinajstić information content (AvgIpc) is 2.87. The summed E-state index contributed by atoms with van der Waals surface area (Å²) in [6.07, 6.45) is 6.33. The van der Waals surface area contributed by atoms with E-state index in [9.17, 15) is 4.79 Å². The van der Waals surface area contributed by atoms with E-state index in [1.54, 1.807) is 6.20 Å². The summed E-state index contributed by atoms with van der Waals surface area (Å²) < 4.78 is 0. The van der Waals surface area contributed by atoms with Crippen LogP contribution in [0.2, 0.25) is 0 Å². The molecule has 1 fully saturated rings. The number of aromatic nitrogens is 1. The number of nitrogens with zero attached hydrogens (tertiary/aromatic N) is 2. The van der Waals surface area contributed by atoms with E-state index < -0.39 is 0 Å². The number of amides is 1. The Morgan fingerprint density at radius 1 is 1.67 bits per heavy atom. The molecule has 2 atom stereocenters. The lowest BCUT2D eigenvalue weighted by Gasteiger charge is -2.27. The van der Waals surface area contributed by atoms with Crippen molar-refractivity contribution in [2.24, 2.45) is 5.73 Å². The second kappa shape index (κ2) is 6.71. The van der Waals surface area contributed by atoms with Crippen LogP contribution in [0.25, 0.3) is 0 Å². The van der Waals surface area contributed by atoms with E-state index in [2.05, 4.69) is 4.98 Å². The van der Waals surface area contributed by atoms with Crippen LogP contribution < -0.4 is 5.73 Å². The van der Waals surface area contributed by atoms with Crippen molar-refractivity contribution in [3.63, 3.8) is 0 Å². The van der Waals surface area contributed by atoms with E-state index >= 15 is 0 Å². The summed E-state index contributed by atoms with van der Waals surface area (Å²) in [5.41, 5.74) is 6.94. The monoisotopic (exact) mass is 269 g/mol. The van der Waals surface area contributed by atoms with Gasteiger partial charge < -0.3 is 10.6 Å². The summed E-state index contributed by atoms with van der Waals surface area (Å²) in [5, 5.41) is 0. The Balaban J connectivity index is 0.00000162. The van der Waals surface area contributed by atoms with Gasteiger partial charge in [0.25, 0.3) is 0 Å². The highest BCUT2D eigenvalue weighted by atomic mass is 35.5. The third kappa shape index (κ3) is 3.00. The predicted molar refractivity (Wildman–Crippen MR) is 73.4 cm³/mol. The van der Waals surface area contributed by atoms with Gasteiger partial charge in [-0.1, -0.05) is 13.0 Å². The van der Waals surface area contributed by atoms with Gasteiger partial charge in [-0.05, 0) is 30.9 Å². The fourth-order valence-corrected chi connectivity index (χ4v) is 2.34. The highest BCUT2D eigenvalue weighted by molar-refractivity contribution is 5.85. The number of hydrogen-bond donors (Lipinski definition) is 1. The van der Waals surface area contributed by atoms with Crippen LogP contribution in [0.4, 0.5) is 0 Å². The number of pyridine rings is 1. The maximum Gasteiger partial charge on any atom is 0.239 e. The van der Waals surface area contributed by atoms with Crippen molar-refractivity contribution < 1.29 is 4.79 Å². The van der Waals surface area contributed by atoms with E-state index in [1.807, 2.05) is 30.2 Å². The van der Waals surface area contributed by atoms with Crippen molar-refractivity contribution in [1.29, 1.82) is 0 Å². The van der Waals surface area contributed by atoms with Crippen LogP contribution >= 0.6 is 12.4 Å². The van der Waals surface area contributed by atoms with Gasteiger partial charge in [-0.25, -0.2) is 0 Å². The summed E-state index contributed by atoms with van der Waals surface area (Å²) in [6, 6.07) is 3.73. The maximum absolute atomic E-state index is 12.1. The van der Waals surface area contributed by atoms with Gasteiger partial charge in [-0.3, -0.25) is 9.78 Å². The van der Waals surface area contributed by atoms with Crippen LogP contribution in [-0.4, -0.2) is 28.4 Å². The summed E-state index contributed by atoms with van der Waals surface area (Å²) in [6.45, 7) is 2.75. The Hall–Kier alpha value is -1.13. The van der Waals surface area contributed by atoms with Gasteiger partial charge in [0.1, 0.15) is 0 Å². The number of hydrogen-bond acceptors (Lipinski definition) is 3. The molecule has 100 valence electrons. The standard InChI is InChI=1S/C13H19N3O.ClH/c1-2-11(14)13(17)16-8-4-6-12(16)10-5-3-7-15-9-10;/h3,5,7,9,11-12H,2,4,6,8,14H2,1H3;1H/t11-,12?;/m0./s1. The molecule has 2 N–H and O–H groups in total. The average molecular weight is 270 g/mol. The molecule has 0 radical (unpaired) electrons. The Labute approximate surface area is 114 Å². The highest BCUT2D eigenvalue weighted by Gasteiger charge is 2.31. The van der Waals surface area contributed by atoms with Crippen molar-refractivity contribution in [3.8, 4) is 0 Å². The molecule has 1 saturated heterocycles. The first-order chi connectivity index (χ1) is 8.24. The zero-order valence-corrected chi connectivity index (χ0v) is 11.4. The van der Waals surface area contributed by atoms with Crippen LogP contribution in [0.15, 0.2) is 24.5 Å². The number of carbonyl (C=O) groups excluding carboxylic acids is 1. The SMILES string of the molecule is CC[C@H](N)C(=O)N1CCCC1c1cccnc1.Cl. The molecule has 2 heterocycles. The lowest BCUT2D eigenvalue weighted by molar-refractivity contribution is -0.133. The Morgan fingerprint density at radius 3 is 3.06 bits per heavy atom. The van der Waals surface area contributed by atoms with Gasteiger partial charge in [0.2, 0.25) is 5.91 Å². The lowest BCUT2D eigenvalue weighted by atomic mass is 10.1. The summed E-state index contributed by atoms with van der Waals surface area (Å²) in [7, 11) is 0. The molecule has 1 amide bonds. The van der Waals surface area contributed by atoms with Crippen LogP contribution in [-0.2, 0) is 4.79 Å². The molecule has 18 heavy (non-hydrogen) atoms. The zero-order valence-electron chi connectivity index (χ0n) is 10.6. The summed E-state index contributed by atoms with van der Waals surface area (Å²) in [5.74, 6) is 0.0684. The number of likely N-dealkylation sites (tertiary alicyclic amines) is 1. The smallest absolute Gasteiger partial charge is 0.239 e. The van der Waals surface area contributed by atoms with Crippen LogP contribution in [0, 0.1) is 0 Å². The molecule has 1 aliphatic rings. The van der Waals surface area contributed by atoms with E-state index in [1.165, 1.54) is 0 Å². The molecule has 0 spiro atoms. The van der Waals surface area contributed by atoms with E-state index in [0.29, 0.717) is 6.42 Å². The van der Waals surface area contributed by atoms with Crippen molar-refractivity contribution in [1.82, 2.24) is 9.88 Å². The molecular formula is C13H20ClN3O. The molecule has 5 heteroatoms. The molecule has 4 nitrogen and oxygen atoms in total. The zero-order chi connectivity index (χ0) is 12.3. The third-order valence-corrected chi connectivity index (χ3v) is 3.36. The van der Waals surface area contributed by atoms with E-state index in [4.69, 9.17) is 5.73 Å². The normalized spacial score (nSPS) is 20.3. The Kier molecular flexibility index (Phi) is 5.56. The van der Waals surface area contributed by atoms with Crippen LogP contribution in [0.3, 0.4) is 0 Å². The Morgan fingerprint density at radius 2 is 2.44 bits per heavy atom. The minimum Gasteiger partial charge on any atom is -0.334 e. The van der Waals surface area contributed by atoms with Crippen molar-refractivity contribution in [3.05, 3.63) is 30.1 Å². The maximum atomic E-state index is 12.1. The van der Waals surface area contributed by atoms with Gasteiger partial charge in [-0.15, -0.1) is 12.4 Å². The molecule has 0 aliphatic carbocycles. The number of nitrogens with two attached hydrogens (primary N) is 1. The number of halogens is 1. The first kappa shape index (κ1) is 14.9. The minimum atomic E-state index is -0.368. The third-order valence-electron chi connectivity index (χ3n) is 3.36. The fourth-order valence-electron chi connectivity index (χ4n) is 2.34.